The van der Waals surface area contributed by atoms with E-state index in [0.29, 0.717) is 17.2 Å². The second-order valence-electron chi connectivity index (χ2n) is 5.35. The fourth-order valence-corrected chi connectivity index (χ4v) is 3.56. The number of rotatable bonds is 6. The topological polar surface area (TPSA) is 36.9 Å². The standard InChI is InChI=1S/C20H20O4S/c1-21-16-9-14(12-19-15(16)7-8-25-19)6-5-13-10-17(22-2)20(24-4)18(11-13)23-3/h5-12H,1-4H3/b6-5+. The van der Waals surface area contributed by atoms with Crippen LogP contribution in [0.3, 0.4) is 0 Å². The second-order valence-corrected chi connectivity index (χ2v) is 6.30. The van der Waals surface area contributed by atoms with E-state index in [4.69, 9.17) is 18.9 Å². The van der Waals surface area contributed by atoms with Gasteiger partial charge in [0.1, 0.15) is 5.75 Å². The zero-order valence-corrected chi connectivity index (χ0v) is 15.5. The Morgan fingerprint density at radius 3 is 1.84 bits per heavy atom. The highest BCUT2D eigenvalue weighted by Crippen LogP contribution is 2.39. The summed E-state index contributed by atoms with van der Waals surface area (Å²) in [4.78, 5) is 0. The van der Waals surface area contributed by atoms with E-state index in [1.807, 2.05) is 30.4 Å². The minimum Gasteiger partial charge on any atom is -0.496 e. The lowest BCUT2D eigenvalue weighted by Gasteiger charge is -2.12. The van der Waals surface area contributed by atoms with Gasteiger partial charge in [-0.2, -0.15) is 0 Å². The van der Waals surface area contributed by atoms with Crippen LogP contribution in [0, 0.1) is 0 Å². The number of benzene rings is 2. The van der Waals surface area contributed by atoms with Gasteiger partial charge in [0, 0.05) is 10.1 Å². The van der Waals surface area contributed by atoms with Gasteiger partial charge in [-0.25, -0.2) is 0 Å². The summed E-state index contributed by atoms with van der Waals surface area (Å²) in [5.74, 6) is 2.73. The Hall–Kier alpha value is -2.66. The first-order valence-electron chi connectivity index (χ1n) is 7.73. The number of thiophene rings is 1. The van der Waals surface area contributed by atoms with Crippen LogP contribution in [-0.2, 0) is 0 Å². The molecule has 1 heterocycles. The first-order chi connectivity index (χ1) is 12.2. The van der Waals surface area contributed by atoms with E-state index >= 15 is 0 Å². The third-order valence-electron chi connectivity index (χ3n) is 3.93. The fourth-order valence-electron chi connectivity index (χ4n) is 2.71. The molecule has 5 heteroatoms. The van der Waals surface area contributed by atoms with Crippen molar-refractivity contribution >= 4 is 33.6 Å². The highest BCUT2D eigenvalue weighted by atomic mass is 32.1. The highest BCUT2D eigenvalue weighted by Gasteiger charge is 2.12. The average Bonchev–Trinajstić information content (AvgIpc) is 3.13. The smallest absolute Gasteiger partial charge is 0.203 e. The summed E-state index contributed by atoms with van der Waals surface area (Å²) in [6.45, 7) is 0. The Morgan fingerprint density at radius 1 is 0.720 bits per heavy atom. The summed E-state index contributed by atoms with van der Waals surface area (Å²) in [6.07, 6.45) is 4.06. The summed E-state index contributed by atoms with van der Waals surface area (Å²) in [7, 11) is 6.51. The minimum atomic E-state index is 0.587. The molecule has 0 aliphatic carbocycles. The quantitative estimate of drug-likeness (QED) is 0.575. The van der Waals surface area contributed by atoms with Gasteiger partial charge in [0.2, 0.25) is 5.75 Å². The predicted octanol–water partition coefficient (Wildman–Crippen LogP) is 5.11. The van der Waals surface area contributed by atoms with Gasteiger partial charge >= 0.3 is 0 Å². The van der Waals surface area contributed by atoms with Crippen LogP contribution in [0.2, 0.25) is 0 Å². The van der Waals surface area contributed by atoms with E-state index in [0.717, 1.165) is 22.3 Å². The molecule has 0 N–H and O–H groups in total. The van der Waals surface area contributed by atoms with Gasteiger partial charge in [0.25, 0.3) is 0 Å². The Morgan fingerprint density at radius 2 is 1.28 bits per heavy atom. The van der Waals surface area contributed by atoms with Gasteiger partial charge < -0.3 is 18.9 Å². The molecule has 0 atom stereocenters. The third kappa shape index (κ3) is 3.42. The van der Waals surface area contributed by atoms with Crippen molar-refractivity contribution in [3.05, 3.63) is 46.8 Å². The molecule has 0 fully saturated rings. The maximum absolute atomic E-state index is 5.50. The molecule has 3 rings (SSSR count). The summed E-state index contributed by atoms with van der Waals surface area (Å²) >= 11 is 1.70. The van der Waals surface area contributed by atoms with Gasteiger partial charge in [-0.15, -0.1) is 11.3 Å². The van der Waals surface area contributed by atoms with Crippen molar-refractivity contribution in [1.82, 2.24) is 0 Å². The van der Waals surface area contributed by atoms with E-state index in [2.05, 4.69) is 17.5 Å². The van der Waals surface area contributed by atoms with Crippen LogP contribution in [0.25, 0.3) is 22.2 Å². The second kappa shape index (κ2) is 7.49. The zero-order valence-electron chi connectivity index (χ0n) is 14.7. The van der Waals surface area contributed by atoms with Gasteiger partial charge in [-0.3, -0.25) is 0 Å². The van der Waals surface area contributed by atoms with Gasteiger partial charge in [-0.05, 0) is 46.8 Å². The van der Waals surface area contributed by atoms with Gasteiger partial charge in [0.05, 0.1) is 28.4 Å². The Bertz CT molecular complexity index is 886. The molecule has 0 radical (unpaired) electrons. The molecule has 0 saturated carbocycles. The predicted molar refractivity (Wildman–Crippen MR) is 103 cm³/mol. The molecular weight excluding hydrogens is 336 g/mol. The average molecular weight is 356 g/mol. The van der Waals surface area contributed by atoms with Gasteiger partial charge in [0.15, 0.2) is 11.5 Å². The lowest BCUT2D eigenvalue weighted by molar-refractivity contribution is 0.324. The van der Waals surface area contributed by atoms with Crippen molar-refractivity contribution in [1.29, 1.82) is 0 Å². The van der Waals surface area contributed by atoms with Crippen molar-refractivity contribution in [3.8, 4) is 23.0 Å². The van der Waals surface area contributed by atoms with Crippen molar-refractivity contribution in [2.45, 2.75) is 0 Å². The molecule has 130 valence electrons. The van der Waals surface area contributed by atoms with E-state index in [1.54, 1.807) is 39.8 Å². The van der Waals surface area contributed by atoms with Gasteiger partial charge in [-0.1, -0.05) is 12.2 Å². The number of hydrogen-bond donors (Lipinski definition) is 0. The molecule has 4 nitrogen and oxygen atoms in total. The van der Waals surface area contributed by atoms with Crippen molar-refractivity contribution < 1.29 is 18.9 Å². The molecule has 0 aliphatic rings. The lowest BCUT2D eigenvalue weighted by Crippen LogP contribution is -1.95. The minimum absolute atomic E-state index is 0.587. The summed E-state index contributed by atoms with van der Waals surface area (Å²) < 4.78 is 22.8. The van der Waals surface area contributed by atoms with Crippen molar-refractivity contribution in [3.63, 3.8) is 0 Å². The first-order valence-corrected chi connectivity index (χ1v) is 8.61. The molecule has 1 aromatic heterocycles. The number of hydrogen-bond acceptors (Lipinski definition) is 5. The molecule has 0 unspecified atom stereocenters. The molecule has 25 heavy (non-hydrogen) atoms. The monoisotopic (exact) mass is 356 g/mol. The molecule has 0 amide bonds. The van der Waals surface area contributed by atoms with E-state index in [1.165, 1.54) is 4.70 Å². The number of ether oxygens (including phenoxy) is 4. The molecule has 0 aliphatic heterocycles. The van der Waals surface area contributed by atoms with Crippen molar-refractivity contribution in [2.24, 2.45) is 0 Å². The number of fused-ring (bicyclic) bond motifs is 1. The van der Waals surface area contributed by atoms with Crippen molar-refractivity contribution in [2.75, 3.05) is 28.4 Å². The zero-order chi connectivity index (χ0) is 17.8. The van der Waals surface area contributed by atoms with E-state index in [9.17, 15) is 0 Å². The number of methoxy groups -OCH3 is 4. The Balaban J connectivity index is 1.99. The maximum Gasteiger partial charge on any atom is 0.203 e. The van der Waals surface area contributed by atoms with E-state index < -0.39 is 0 Å². The SMILES string of the molecule is COc1cc(/C=C/c2cc(OC)c3ccsc3c2)cc(OC)c1OC. The first kappa shape index (κ1) is 17.2. The summed E-state index contributed by atoms with van der Waals surface area (Å²) in [5.41, 5.74) is 2.03. The van der Waals surface area contributed by atoms with Crippen LogP contribution in [-0.4, -0.2) is 28.4 Å². The molecule has 2 aromatic carbocycles. The van der Waals surface area contributed by atoms with Crippen LogP contribution in [0.4, 0.5) is 0 Å². The highest BCUT2D eigenvalue weighted by molar-refractivity contribution is 7.17. The van der Waals surface area contributed by atoms with E-state index in [-0.39, 0.29) is 0 Å². The Labute approximate surface area is 151 Å². The third-order valence-corrected chi connectivity index (χ3v) is 4.80. The molecule has 3 aromatic rings. The molecule has 0 spiro atoms. The van der Waals surface area contributed by atoms with Crippen LogP contribution in [0.15, 0.2) is 35.7 Å². The fraction of sp³-hybridized carbons (Fsp3) is 0.200. The molecular formula is C20H20O4S. The maximum atomic E-state index is 5.50. The van der Waals surface area contributed by atoms with Crippen LogP contribution >= 0.6 is 11.3 Å². The van der Waals surface area contributed by atoms with Crippen LogP contribution in [0.5, 0.6) is 23.0 Å². The van der Waals surface area contributed by atoms with Crippen LogP contribution < -0.4 is 18.9 Å². The lowest BCUT2D eigenvalue weighted by atomic mass is 10.1. The molecule has 0 bridgehead atoms. The summed E-state index contributed by atoms with van der Waals surface area (Å²) in [6, 6.07) is 10.1. The summed E-state index contributed by atoms with van der Waals surface area (Å²) in [5, 5.41) is 3.21. The normalized spacial score (nSPS) is 11.0. The molecule has 0 saturated heterocycles. The Kier molecular flexibility index (Phi) is 5.14. The van der Waals surface area contributed by atoms with Crippen LogP contribution in [0.1, 0.15) is 11.1 Å². The largest absolute Gasteiger partial charge is 0.496 e.